The first-order valence-corrected chi connectivity index (χ1v) is 5.21. The molecule has 1 heterocycles. The van der Waals surface area contributed by atoms with Gasteiger partial charge in [-0.15, -0.1) is 0 Å². The summed E-state index contributed by atoms with van der Waals surface area (Å²) in [5.74, 6) is 0. The summed E-state index contributed by atoms with van der Waals surface area (Å²) in [5, 5.41) is 12.4. The average Bonchev–Trinajstić information content (AvgIpc) is 2.38. The lowest BCUT2D eigenvalue weighted by Crippen LogP contribution is -2.02. The molecule has 0 saturated carbocycles. The molecule has 0 fully saturated rings. The summed E-state index contributed by atoms with van der Waals surface area (Å²) in [6.45, 7) is 0.753. The highest BCUT2D eigenvalue weighted by molar-refractivity contribution is 5.49. The first kappa shape index (κ1) is 10.6. The van der Waals surface area contributed by atoms with Gasteiger partial charge in [0, 0.05) is 30.2 Å². The van der Waals surface area contributed by atoms with Crippen LogP contribution in [0.4, 0.5) is 5.69 Å². The number of nitrogens with zero attached hydrogens (tertiary/aromatic N) is 1. The van der Waals surface area contributed by atoms with E-state index in [1.165, 1.54) is 5.56 Å². The van der Waals surface area contributed by atoms with Crippen molar-refractivity contribution in [1.82, 2.24) is 4.98 Å². The van der Waals surface area contributed by atoms with Gasteiger partial charge in [-0.2, -0.15) is 0 Å². The fourth-order valence-corrected chi connectivity index (χ4v) is 1.52. The quantitative estimate of drug-likeness (QED) is 0.820. The molecule has 2 N–H and O–H groups in total. The van der Waals surface area contributed by atoms with E-state index in [0.717, 1.165) is 17.8 Å². The Balaban J connectivity index is 2.05. The number of anilines is 1. The zero-order valence-corrected chi connectivity index (χ0v) is 8.93. The number of pyridine rings is 1. The van der Waals surface area contributed by atoms with Crippen molar-refractivity contribution in [2.24, 2.45) is 0 Å². The third kappa shape index (κ3) is 2.58. The molecule has 0 aliphatic heterocycles. The van der Waals surface area contributed by atoms with Gasteiger partial charge in [0.25, 0.3) is 0 Å². The average molecular weight is 214 g/mol. The van der Waals surface area contributed by atoms with Gasteiger partial charge in [-0.1, -0.05) is 30.3 Å². The molecule has 3 nitrogen and oxygen atoms in total. The molecule has 0 radical (unpaired) electrons. The third-order valence-corrected chi connectivity index (χ3v) is 2.40. The maximum Gasteiger partial charge on any atom is 0.0717 e. The Morgan fingerprint density at radius 2 is 1.94 bits per heavy atom. The van der Waals surface area contributed by atoms with E-state index in [9.17, 15) is 0 Å². The van der Waals surface area contributed by atoms with Gasteiger partial charge in [0.15, 0.2) is 0 Å². The molecule has 0 amide bonds. The van der Waals surface area contributed by atoms with Gasteiger partial charge in [-0.3, -0.25) is 4.98 Å². The van der Waals surface area contributed by atoms with Crippen LogP contribution in [0.1, 0.15) is 11.1 Å². The van der Waals surface area contributed by atoms with E-state index in [2.05, 4.69) is 22.4 Å². The fourth-order valence-electron chi connectivity index (χ4n) is 1.52. The van der Waals surface area contributed by atoms with Crippen molar-refractivity contribution < 1.29 is 5.11 Å². The van der Waals surface area contributed by atoms with Crippen molar-refractivity contribution in [1.29, 1.82) is 0 Å². The summed E-state index contributed by atoms with van der Waals surface area (Å²) < 4.78 is 0. The van der Waals surface area contributed by atoms with Crippen LogP contribution in [0.5, 0.6) is 0 Å². The normalized spacial score (nSPS) is 10.1. The highest BCUT2D eigenvalue weighted by atomic mass is 16.3. The van der Waals surface area contributed by atoms with E-state index in [1.54, 1.807) is 12.4 Å². The number of aliphatic hydroxyl groups is 1. The lowest BCUT2D eigenvalue weighted by atomic mass is 10.2. The number of aliphatic hydroxyl groups excluding tert-OH is 1. The minimum atomic E-state index is 0.00492. The largest absolute Gasteiger partial charge is 0.392 e. The van der Waals surface area contributed by atoms with Crippen LogP contribution in [-0.4, -0.2) is 10.1 Å². The van der Waals surface area contributed by atoms with Gasteiger partial charge in [0.1, 0.15) is 0 Å². The highest BCUT2D eigenvalue weighted by Gasteiger charge is 1.99. The number of benzene rings is 1. The van der Waals surface area contributed by atoms with Crippen molar-refractivity contribution in [3.63, 3.8) is 0 Å². The molecule has 0 aliphatic carbocycles. The van der Waals surface area contributed by atoms with Crippen molar-refractivity contribution in [2.45, 2.75) is 13.2 Å². The number of aromatic nitrogens is 1. The van der Waals surface area contributed by atoms with E-state index in [-0.39, 0.29) is 6.61 Å². The van der Waals surface area contributed by atoms with Gasteiger partial charge < -0.3 is 10.4 Å². The van der Waals surface area contributed by atoms with Gasteiger partial charge in [0.2, 0.25) is 0 Å². The maximum atomic E-state index is 9.14. The molecule has 1 aromatic heterocycles. The third-order valence-electron chi connectivity index (χ3n) is 2.40. The Bertz CT molecular complexity index is 443. The maximum absolute atomic E-state index is 9.14. The Labute approximate surface area is 94.8 Å². The molecule has 2 aromatic rings. The predicted octanol–water partition coefficient (Wildman–Crippen LogP) is 2.19. The molecular weight excluding hydrogens is 200 g/mol. The van der Waals surface area contributed by atoms with Crippen LogP contribution in [0.25, 0.3) is 0 Å². The zero-order chi connectivity index (χ0) is 11.2. The summed E-state index contributed by atoms with van der Waals surface area (Å²) in [7, 11) is 0. The lowest BCUT2D eigenvalue weighted by Gasteiger charge is -2.09. The van der Waals surface area contributed by atoms with E-state index >= 15 is 0 Å². The molecule has 0 unspecified atom stereocenters. The first-order chi connectivity index (χ1) is 7.90. The van der Waals surface area contributed by atoms with Gasteiger partial charge in [-0.05, 0) is 11.6 Å². The van der Waals surface area contributed by atoms with Crippen LogP contribution in [0, 0.1) is 0 Å². The number of hydrogen-bond donors (Lipinski definition) is 2. The first-order valence-electron chi connectivity index (χ1n) is 5.21. The minimum absolute atomic E-state index is 0.00492. The molecule has 0 saturated heterocycles. The topological polar surface area (TPSA) is 45.2 Å². The van der Waals surface area contributed by atoms with Crippen LogP contribution >= 0.6 is 0 Å². The number of hydrogen-bond acceptors (Lipinski definition) is 3. The summed E-state index contributed by atoms with van der Waals surface area (Å²) in [6, 6.07) is 12.0. The molecule has 0 atom stereocenters. The molecule has 0 spiro atoms. The van der Waals surface area contributed by atoms with Crippen LogP contribution in [0.2, 0.25) is 0 Å². The summed E-state index contributed by atoms with van der Waals surface area (Å²) >= 11 is 0. The monoisotopic (exact) mass is 214 g/mol. The van der Waals surface area contributed by atoms with Gasteiger partial charge in [0.05, 0.1) is 6.61 Å². The Hall–Kier alpha value is -1.87. The predicted molar refractivity (Wildman–Crippen MR) is 63.9 cm³/mol. The van der Waals surface area contributed by atoms with Crippen molar-refractivity contribution >= 4 is 5.69 Å². The lowest BCUT2D eigenvalue weighted by molar-refractivity contribution is 0.282. The second kappa shape index (κ2) is 5.28. The van der Waals surface area contributed by atoms with E-state index < -0.39 is 0 Å². The van der Waals surface area contributed by atoms with Crippen LogP contribution < -0.4 is 5.32 Å². The number of rotatable bonds is 4. The molecular formula is C13H14N2O. The second-order valence-corrected chi connectivity index (χ2v) is 3.53. The Kier molecular flexibility index (Phi) is 3.51. The van der Waals surface area contributed by atoms with E-state index in [1.807, 2.05) is 24.3 Å². The second-order valence-electron chi connectivity index (χ2n) is 3.53. The van der Waals surface area contributed by atoms with E-state index in [4.69, 9.17) is 5.11 Å². The fraction of sp³-hybridized carbons (Fsp3) is 0.154. The molecule has 82 valence electrons. The molecule has 16 heavy (non-hydrogen) atoms. The van der Waals surface area contributed by atoms with Gasteiger partial charge in [-0.25, -0.2) is 0 Å². The summed E-state index contributed by atoms with van der Waals surface area (Å²) in [6.07, 6.45) is 3.39. The van der Waals surface area contributed by atoms with Crippen molar-refractivity contribution in [3.05, 3.63) is 59.9 Å². The SMILES string of the molecule is OCc1cnccc1NCc1ccccc1. The van der Waals surface area contributed by atoms with E-state index in [0.29, 0.717) is 0 Å². The Morgan fingerprint density at radius 1 is 1.12 bits per heavy atom. The van der Waals surface area contributed by atoms with Crippen molar-refractivity contribution in [2.75, 3.05) is 5.32 Å². The zero-order valence-electron chi connectivity index (χ0n) is 8.93. The highest BCUT2D eigenvalue weighted by Crippen LogP contribution is 2.14. The number of nitrogens with one attached hydrogen (secondary N) is 1. The van der Waals surface area contributed by atoms with Gasteiger partial charge >= 0.3 is 0 Å². The molecule has 2 rings (SSSR count). The summed E-state index contributed by atoms with van der Waals surface area (Å²) in [4.78, 5) is 3.97. The van der Waals surface area contributed by atoms with Crippen LogP contribution in [-0.2, 0) is 13.2 Å². The van der Waals surface area contributed by atoms with Crippen LogP contribution in [0.3, 0.4) is 0 Å². The van der Waals surface area contributed by atoms with Crippen LogP contribution in [0.15, 0.2) is 48.8 Å². The minimum Gasteiger partial charge on any atom is -0.392 e. The molecule has 0 aliphatic rings. The smallest absolute Gasteiger partial charge is 0.0717 e. The Morgan fingerprint density at radius 3 is 2.69 bits per heavy atom. The summed E-state index contributed by atoms with van der Waals surface area (Å²) in [5.41, 5.74) is 2.96. The standard InChI is InChI=1S/C13H14N2O/c16-10-12-9-14-7-6-13(12)15-8-11-4-2-1-3-5-11/h1-7,9,16H,8,10H2,(H,14,15). The molecule has 1 aromatic carbocycles. The van der Waals surface area contributed by atoms with Crippen molar-refractivity contribution in [3.8, 4) is 0 Å². The molecule has 3 heteroatoms. The molecule has 0 bridgehead atoms.